The van der Waals surface area contributed by atoms with Crippen molar-refractivity contribution < 1.29 is 28.5 Å². The molecule has 1 amide bonds. The quantitative estimate of drug-likeness (QED) is 0.113. The fraction of sp³-hybridized carbons (Fsp3) is 0.432. The van der Waals surface area contributed by atoms with E-state index in [4.69, 9.17) is 0 Å². The molecule has 0 bridgehead atoms. The normalized spacial score (nSPS) is 13.9. The number of rotatable bonds is 16. The predicted molar refractivity (Wildman–Crippen MR) is 222 cm³/mol. The van der Waals surface area contributed by atoms with Crippen LogP contribution in [0.15, 0.2) is 97.5 Å². The first-order chi connectivity index (χ1) is 25.2. The maximum absolute atomic E-state index is 13.8. The molecule has 1 fully saturated rings. The molecular weight excluding hydrogens is 683 g/mol. The van der Waals surface area contributed by atoms with Gasteiger partial charge >= 0.3 is 0 Å². The number of hydrogen-bond donors (Lipinski definition) is 1. The number of Topliss-reactive ketones (excluding diaryl/α,β-unsaturated/α-hetero) is 2. The minimum Gasteiger partial charge on any atom is -0.345 e. The fourth-order valence-corrected chi connectivity index (χ4v) is 5.74. The Bertz CT molecular complexity index is 1840. The lowest BCUT2D eigenvalue weighted by Crippen LogP contribution is -2.27. The van der Waals surface area contributed by atoms with E-state index in [1.54, 1.807) is 31.6 Å². The van der Waals surface area contributed by atoms with Crippen molar-refractivity contribution in [1.29, 1.82) is 0 Å². The molecule has 2 heterocycles. The molecule has 2 aromatic heterocycles. The number of sulfone groups is 1. The van der Waals surface area contributed by atoms with Crippen LogP contribution in [0.4, 0.5) is 0 Å². The third-order valence-electron chi connectivity index (χ3n) is 9.33. The third-order valence-corrected chi connectivity index (χ3v) is 9.33. The summed E-state index contributed by atoms with van der Waals surface area (Å²) in [6.07, 6.45) is 15.9. The number of pyridine rings is 2. The molecule has 1 aliphatic rings. The summed E-state index contributed by atoms with van der Waals surface area (Å²) in [5, 5.41) is 3.07. The first-order valence-corrected chi connectivity index (χ1v) is 21.0. The molecule has 0 aliphatic heterocycles. The maximum Gasteiger partial charge on any atom is 0.251 e. The zero-order valence-corrected chi connectivity index (χ0v) is 33.1. The van der Waals surface area contributed by atoms with E-state index in [1.807, 2.05) is 74.5 Å². The molecule has 1 saturated carbocycles. The van der Waals surface area contributed by atoms with E-state index in [0.717, 1.165) is 54.5 Å². The van der Waals surface area contributed by atoms with Crippen molar-refractivity contribution in [3.8, 4) is 0 Å². The summed E-state index contributed by atoms with van der Waals surface area (Å²) in [6.45, 7) is 7.74. The second-order valence-corrected chi connectivity index (χ2v) is 16.8. The summed E-state index contributed by atoms with van der Waals surface area (Å²) in [6, 6.07) is 25.1. The highest BCUT2D eigenvalue weighted by Crippen LogP contribution is 2.31. The summed E-state index contributed by atoms with van der Waals surface area (Å²) in [5.74, 6) is 1.03. The van der Waals surface area contributed by atoms with Crippen LogP contribution in [0, 0.1) is 17.8 Å². The lowest BCUT2D eigenvalue weighted by molar-refractivity contribution is -0.120. The minimum atomic E-state index is -2.67. The van der Waals surface area contributed by atoms with Gasteiger partial charge in [0.25, 0.3) is 5.91 Å². The van der Waals surface area contributed by atoms with Crippen molar-refractivity contribution in [2.24, 2.45) is 17.8 Å². The topological polar surface area (TPSA) is 123 Å². The van der Waals surface area contributed by atoms with E-state index in [1.165, 1.54) is 24.8 Å². The molecule has 1 aliphatic carbocycles. The van der Waals surface area contributed by atoms with Crippen LogP contribution in [0.5, 0.6) is 0 Å². The summed E-state index contributed by atoms with van der Waals surface area (Å²) < 4.78 is 19.3. The SMILES string of the molecule is CC(=O)[C@H](C)CC[C@@H](CC(=O)c1cc(CCc2ccccc2)cc(C(=O)NC(C)c2cccnc2)c1)Cc1ccccn1.CCC1CC1.CS(C)(=O)=O.[HH].[HH].[HH].[HH]. The third kappa shape index (κ3) is 17.7. The van der Waals surface area contributed by atoms with E-state index in [2.05, 4.69) is 34.3 Å². The van der Waals surface area contributed by atoms with Gasteiger partial charge < -0.3 is 5.32 Å². The molecule has 1 N–H and O–H groups in total. The molecule has 0 radical (unpaired) electrons. The summed E-state index contributed by atoms with van der Waals surface area (Å²) in [4.78, 5) is 47.8. The van der Waals surface area contributed by atoms with Crippen LogP contribution in [0.3, 0.4) is 0 Å². The number of nitrogens with one attached hydrogen (secondary N) is 1. The Balaban J connectivity index is 0. The van der Waals surface area contributed by atoms with E-state index >= 15 is 0 Å². The van der Waals surface area contributed by atoms with Gasteiger partial charge in [-0.1, -0.05) is 75.6 Å². The molecule has 0 spiro atoms. The lowest BCUT2D eigenvalue weighted by Gasteiger charge is -2.19. The van der Waals surface area contributed by atoms with Crippen molar-refractivity contribution in [2.75, 3.05) is 12.5 Å². The number of hydrogen-bond acceptors (Lipinski definition) is 7. The molecule has 9 heteroatoms. The number of aromatic nitrogens is 2. The van der Waals surface area contributed by atoms with Gasteiger partial charge in [0.15, 0.2) is 5.78 Å². The summed E-state index contributed by atoms with van der Waals surface area (Å²) >= 11 is 0. The van der Waals surface area contributed by atoms with E-state index in [-0.39, 0.29) is 41.1 Å². The molecule has 53 heavy (non-hydrogen) atoms. The van der Waals surface area contributed by atoms with Crippen molar-refractivity contribution in [3.05, 3.63) is 131 Å². The Hall–Kier alpha value is -4.50. The van der Waals surface area contributed by atoms with Crippen LogP contribution in [0.1, 0.15) is 121 Å². The number of carbonyl (C=O) groups is 3. The molecule has 3 atom stereocenters. The van der Waals surface area contributed by atoms with Gasteiger partial charge in [0, 0.05) is 66.0 Å². The van der Waals surface area contributed by atoms with Crippen molar-refractivity contribution in [2.45, 2.75) is 91.5 Å². The summed E-state index contributed by atoms with van der Waals surface area (Å²) in [7, 11) is -2.67. The Morgan fingerprint density at radius 1 is 0.849 bits per heavy atom. The van der Waals surface area contributed by atoms with Crippen LogP contribution in [-0.4, -0.2) is 48.4 Å². The number of amides is 1. The van der Waals surface area contributed by atoms with E-state index in [9.17, 15) is 22.8 Å². The standard InChI is InChI=1S/C37H41N3O3.C5H10.C2H6O2S.4H2/c1-26(28(3)41)14-15-31(22-35-13-7-8-19-39-35)23-36(42)33-20-30(17-16-29-10-5-4-6-11-29)21-34(24-33)37(43)40-27(2)32-12-9-18-38-25-32;1-2-5-3-4-5;1-5(2,3)4;;;;/h4-13,18-21,24-27,31H,14-17,22-23H2,1-3H3,(H,40,43);5H,2-4H2,1H3;1-2H3;4*1H/t26-,27?,31-;;;;;;/m1....../s1. The molecule has 4 aromatic rings. The number of carbonyl (C=O) groups excluding carboxylic acids is 3. The van der Waals surface area contributed by atoms with Gasteiger partial charge in [-0.25, -0.2) is 8.42 Å². The highest BCUT2D eigenvalue weighted by Gasteiger charge is 2.21. The molecule has 5 rings (SSSR count). The number of ketones is 2. The van der Waals surface area contributed by atoms with Gasteiger partial charge in [-0.2, -0.15) is 0 Å². The van der Waals surface area contributed by atoms with Gasteiger partial charge in [0.2, 0.25) is 0 Å². The Labute approximate surface area is 323 Å². The van der Waals surface area contributed by atoms with Gasteiger partial charge in [-0.05, 0) is 111 Å². The lowest BCUT2D eigenvalue weighted by atomic mass is 9.86. The Morgan fingerprint density at radius 2 is 1.51 bits per heavy atom. The zero-order valence-electron chi connectivity index (χ0n) is 32.3. The number of benzene rings is 2. The number of aryl methyl sites for hydroxylation is 2. The Kier molecular flexibility index (Phi) is 17.7. The number of nitrogens with zero attached hydrogens (tertiary/aromatic N) is 2. The van der Waals surface area contributed by atoms with Gasteiger partial charge in [-0.3, -0.25) is 24.4 Å². The summed E-state index contributed by atoms with van der Waals surface area (Å²) in [5.41, 5.74) is 4.98. The second kappa shape index (κ2) is 21.9. The van der Waals surface area contributed by atoms with Crippen LogP contribution in [0.2, 0.25) is 0 Å². The van der Waals surface area contributed by atoms with Crippen molar-refractivity contribution in [1.82, 2.24) is 15.3 Å². The highest BCUT2D eigenvalue weighted by molar-refractivity contribution is 7.89. The first-order valence-electron chi connectivity index (χ1n) is 18.7. The van der Waals surface area contributed by atoms with E-state index in [0.29, 0.717) is 30.4 Å². The monoisotopic (exact) mass is 747 g/mol. The smallest absolute Gasteiger partial charge is 0.251 e. The fourth-order valence-electron chi connectivity index (χ4n) is 5.74. The van der Waals surface area contributed by atoms with Crippen molar-refractivity contribution in [3.63, 3.8) is 0 Å². The van der Waals surface area contributed by atoms with Crippen LogP contribution in [0.25, 0.3) is 0 Å². The largest absolute Gasteiger partial charge is 0.345 e. The molecule has 292 valence electrons. The van der Waals surface area contributed by atoms with Crippen LogP contribution < -0.4 is 5.32 Å². The minimum absolute atomic E-state index is 0. The zero-order chi connectivity index (χ0) is 38.8. The maximum atomic E-state index is 13.8. The van der Waals surface area contributed by atoms with Crippen molar-refractivity contribution >= 4 is 27.3 Å². The van der Waals surface area contributed by atoms with Gasteiger partial charge in [-0.15, -0.1) is 0 Å². The molecule has 1 unspecified atom stereocenters. The molecule has 8 nitrogen and oxygen atoms in total. The Morgan fingerprint density at radius 3 is 2.08 bits per heavy atom. The van der Waals surface area contributed by atoms with Crippen LogP contribution in [-0.2, 0) is 33.9 Å². The second-order valence-electron chi connectivity index (χ2n) is 14.5. The predicted octanol–water partition coefficient (Wildman–Crippen LogP) is 9.64. The molecular formula is C44H65N3O5S. The van der Waals surface area contributed by atoms with Gasteiger partial charge in [0.05, 0.1) is 6.04 Å². The van der Waals surface area contributed by atoms with Gasteiger partial charge in [0.1, 0.15) is 15.6 Å². The average Bonchev–Trinajstić information content (AvgIpc) is 3.99. The highest BCUT2D eigenvalue weighted by atomic mass is 32.2. The van der Waals surface area contributed by atoms with Crippen LogP contribution >= 0.6 is 0 Å². The first kappa shape index (κ1) is 42.9. The average molecular weight is 748 g/mol. The molecule has 0 saturated heterocycles. The molecule has 2 aromatic carbocycles. The van der Waals surface area contributed by atoms with E-state index < -0.39 is 9.84 Å².